The van der Waals surface area contributed by atoms with Crippen molar-refractivity contribution in [3.63, 3.8) is 0 Å². The number of hydrogen-bond donors (Lipinski definition) is 1. The van der Waals surface area contributed by atoms with Crippen LogP contribution in [0.4, 0.5) is 5.69 Å². The van der Waals surface area contributed by atoms with E-state index < -0.39 is 0 Å². The Morgan fingerprint density at radius 2 is 2.12 bits per heavy atom. The molecule has 0 aliphatic rings. The number of rotatable bonds is 4. The topological polar surface area (TPSA) is 51.2 Å². The normalized spacial score (nSPS) is 11.1. The smallest absolute Gasteiger partial charge is 0.224 e. The second-order valence-corrected chi connectivity index (χ2v) is 5.20. The highest BCUT2D eigenvalue weighted by Crippen LogP contribution is 2.21. The minimum atomic E-state index is 0.0203. The van der Waals surface area contributed by atoms with Crippen molar-refractivity contribution >= 4 is 11.6 Å². The first-order valence-corrected chi connectivity index (χ1v) is 5.70. The van der Waals surface area contributed by atoms with Crippen molar-refractivity contribution in [1.82, 2.24) is 4.98 Å². The molecule has 0 unspecified atom stereocenters. The molecule has 94 valence electrons. The number of anilines is 1. The van der Waals surface area contributed by atoms with Crippen molar-refractivity contribution < 1.29 is 9.53 Å². The average Bonchev–Trinajstić information content (AvgIpc) is 2.27. The van der Waals surface area contributed by atoms with E-state index in [0.29, 0.717) is 18.0 Å². The number of methoxy groups -OCH3 is 1. The number of carbonyl (C=O) groups excluding carboxylic acids is 1. The third kappa shape index (κ3) is 5.33. The summed E-state index contributed by atoms with van der Waals surface area (Å²) in [5.74, 6) is 0.560. The van der Waals surface area contributed by atoms with Crippen molar-refractivity contribution in [3.05, 3.63) is 18.3 Å². The molecule has 0 atom stereocenters. The van der Waals surface area contributed by atoms with Gasteiger partial charge in [-0.25, -0.2) is 4.98 Å². The Balaban J connectivity index is 2.45. The number of hydrogen-bond acceptors (Lipinski definition) is 3. The van der Waals surface area contributed by atoms with E-state index in [9.17, 15) is 4.79 Å². The van der Waals surface area contributed by atoms with Crippen LogP contribution in [0.25, 0.3) is 0 Å². The Morgan fingerprint density at radius 1 is 1.41 bits per heavy atom. The summed E-state index contributed by atoms with van der Waals surface area (Å²) in [5.41, 5.74) is 0.875. The zero-order valence-corrected chi connectivity index (χ0v) is 10.9. The highest BCUT2D eigenvalue weighted by atomic mass is 16.5. The summed E-state index contributed by atoms with van der Waals surface area (Å²) in [5, 5.41) is 2.81. The Morgan fingerprint density at radius 3 is 2.59 bits per heavy atom. The molecular formula is C13H20N2O2. The van der Waals surface area contributed by atoms with Gasteiger partial charge >= 0.3 is 0 Å². The van der Waals surface area contributed by atoms with E-state index in [0.717, 1.165) is 6.42 Å². The lowest BCUT2D eigenvalue weighted by atomic mass is 9.90. The van der Waals surface area contributed by atoms with Gasteiger partial charge in [0.25, 0.3) is 0 Å². The summed E-state index contributed by atoms with van der Waals surface area (Å²) >= 11 is 0. The van der Waals surface area contributed by atoms with Gasteiger partial charge < -0.3 is 10.1 Å². The second-order valence-electron chi connectivity index (χ2n) is 5.20. The van der Waals surface area contributed by atoms with Gasteiger partial charge in [-0.05, 0) is 17.9 Å². The minimum absolute atomic E-state index is 0.0203. The Hall–Kier alpha value is -1.58. The molecule has 1 aromatic rings. The van der Waals surface area contributed by atoms with Gasteiger partial charge in [-0.2, -0.15) is 0 Å². The number of carbonyl (C=O) groups is 1. The standard InChI is InChI=1S/C13H20N2O2/c1-13(2,3)8-7-11(16)15-10-5-6-12(17-4)14-9-10/h5-6,9H,7-8H2,1-4H3,(H,15,16). The van der Waals surface area contributed by atoms with Crippen molar-refractivity contribution in [2.45, 2.75) is 33.6 Å². The lowest BCUT2D eigenvalue weighted by Crippen LogP contribution is -2.15. The first-order chi connectivity index (χ1) is 7.90. The first kappa shape index (κ1) is 13.5. The molecule has 0 aromatic carbocycles. The Kier molecular flexibility index (Phi) is 4.49. The molecule has 0 radical (unpaired) electrons. The summed E-state index contributed by atoms with van der Waals surface area (Å²) < 4.78 is 4.94. The molecule has 0 aliphatic heterocycles. The zero-order chi connectivity index (χ0) is 12.9. The fraction of sp³-hybridized carbons (Fsp3) is 0.538. The molecule has 0 bridgehead atoms. The van der Waals surface area contributed by atoms with Crippen molar-refractivity contribution in [2.24, 2.45) is 5.41 Å². The maximum Gasteiger partial charge on any atom is 0.224 e. The first-order valence-electron chi connectivity index (χ1n) is 5.70. The molecule has 0 aliphatic carbocycles. The molecule has 0 spiro atoms. The van der Waals surface area contributed by atoms with Crippen LogP contribution in [0.15, 0.2) is 18.3 Å². The number of nitrogens with one attached hydrogen (secondary N) is 1. The maximum atomic E-state index is 11.6. The predicted molar refractivity (Wildman–Crippen MR) is 68.1 cm³/mol. The lowest BCUT2D eigenvalue weighted by molar-refractivity contribution is -0.116. The molecule has 1 heterocycles. The maximum absolute atomic E-state index is 11.6. The van der Waals surface area contributed by atoms with Crippen LogP contribution in [-0.2, 0) is 4.79 Å². The molecule has 1 N–H and O–H groups in total. The third-order valence-electron chi connectivity index (χ3n) is 2.33. The summed E-state index contributed by atoms with van der Waals surface area (Å²) in [6, 6.07) is 3.50. The van der Waals surface area contributed by atoms with Gasteiger partial charge in [0, 0.05) is 12.5 Å². The van der Waals surface area contributed by atoms with Gasteiger partial charge in [0.05, 0.1) is 19.0 Å². The van der Waals surface area contributed by atoms with E-state index in [1.54, 1.807) is 25.4 Å². The van der Waals surface area contributed by atoms with Crippen LogP contribution in [0.1, 0.15) is 33.6 Å². The summed E-state index contributed by atoms with van der Waals surface area (Å²) in [6.07, 6.45) is 2.98. The van der Waals surface area contributed by atoms with E-state index in [1.165, 1.54) is 0 Å². The molecule has 0 saturated heterocycles. The third-order valence-corrected chi connectivity index (χ3v) is 2.33. The Labute approximate surface area is 102 Å². The van der Waals surface area contributed by atoms with Gasteiger partial charge in [-0.3, -0.25) is 4.79 Å². The highest BCUT2D eigenvalue weighted by Gasteiger charge is 2.12. The summed E-state index contributed by atoms with van der Waals surface area (Å²) in [7, 11) is 1.56. The van der Waals surface area contributed by atoms with Crippen LogP contribution in [-0.4, -0.2) is 18.0 Å². The largest absolute Gasteiger partial charge is 0.481 e. The van der Waals surface area contributed by atoms with E-state index in [2.05, 4.69) is 31.1 Å². The quantitative estimate of drug-likeness (QED) is 0.874. The van der Waals surface area contributed by atoms with Gasteiger partial charge in [0.15, 0.2) is 0 Å². The van der Waals surface area contributed by atoms with E-state index in [-0.39, 0.29) is 11.3 Å². The van der Waals surface area contributed by atoms with Crippen LogP contribution in [0.5, 0.6) is 5.88 Å². The fourth-order valence-electron chi connectivity index (χ4n) is 1.29. The lowest BCUT2D eigenvalue weighted by Gasteiger charge is -2.17. The summed E-state index contributed by atoms with van der Waals surface area (Å²) in [6.45, 7) is 6.36. The molecule has 4 heteroatoms. The van der Waals surface area contributed by atoms with Crippen molar-refractivity contribution in [3.8, 4) is 5.88 Å². The van der Waals surface area contributed by atoms with Crippen LogP contribution >= 0.6 is 0 Å². The molecule has 17 heavy (non-hydrogen) atoms. The van der Waals surface area contributed by atoms with Crippen molar-refractivity contribution in [2.75, 3.05) is 12.4 Å². The summed E-state index contributed by atoms with van der Waals surface area (Å²) in [4.78, 5) is 15.7. The molecule has 1 rings (SSSR count). The van der Waals surface area contributed by atoms with E-state index >= 15 is 0 Å². The molecule has 1 aromatic heterocycles. The predicted octanol–water partition coefficient (Wildman–Crippen LogP) is 2.86. The fourth-order valence-corrected chi connectivity index (χ4v) is 1.29. The number of nitrogens with zero attached hydrogens (tertiary/aromatic N) is 1. The number of amides is 1. The minimum Gasteiger partial charge on any atom is -0.481 e. The van der Waals surface area contributed by atoms with Crippen molar-refractivity contribution in [1.29, 1.82) is 0 Å². The van der Waals surface area contributed by atoms with E-state index in [4.69, 9.17) is 4.74 Å². The molecule has 0 saturated carbocycles. The molecule has 4 nitrogen and oxygen atoms in total. The number of pyridine rings is 1. The Bertz CT molecular complexity index is 366. The van der Waals surface area contributed by atoms with Crippen LogP contribution in [0.3, 0.4) is 0 Å². The molecule has 1 amide bonds. The molecule has 0 fully saturated rings. The SMILES string of the molecule is COc1ccc(NC(=O)CCC(C)(C)C)cn1. The van der Waals surface area contributed by atoms with Gasteiger partial charge in [-0.15, -0.1) is 0 Å². The van der Waals surface area contributed by atoms with Crippen LogP contribution in [0.2, 0.25) is 0 Å². The van der Waals surface area contributed by atoms with Gasteiger partial charge in [-0.1, -0.05) is 20.8 Å². The zero-order valence-electron chi connectivity index (χ0n) is 10.9. The van der Waals surface area contributed by atoms with Gasteiger partial charge in [0.2, 0.25) is 11.8 Å². The van der Waals surface area contributed by atoms with Gasteiger partial charge in [0.1, 0.15) is 0 Å². The highest BCUT2D eigenvalue weighted by molar-refractivity contribution is 5.90. The second kappa shape index (κ2) is 5.66. The number of ether oxygens (including phenoxy) is 1. The van der Waals surface area contributed by atoms with Crippen LogP contribution < -0.4 is 10.1 Å². The van der Waals surface area contributed by atoms with Crippen LogP contribution in [0, 0.1) is 5.41 Å². The monoisotopic (exact) mass is 236 g/mol. The molecular weight excluding hydrogens is 216 g/mol. The average molecular weight is 236 g/mol. The number of aromatic nitrogens is 1. The van der Waals surface area contributed by atoms with E-state index in [1.807, 2.05) is 0 Å².